The molecule has 0 aliphatic rings. The van der Waals surface area contributed by atoms with Crippen LogP contribution < -0.4 is 10.1 Å². The van der Waals surface area contributed by atoms with Gasteiger partial charge in [0.05, 0.1) is 12.8 Å². The normalized spacial score (nSPS) is 10.7. The van der Waals surface area contributed by atoms with Crippen molar-refractivity contribution in [2.24, 2.45) is 0 Å². The molecule has 0 aliphatic carbocycles. The summed E-state index contributed by atoms with van der Waals surface area (Å²) < 4.78 is 6.41. The maximum Gasteiger partial charge on any atom is 0.142 e. The smallest absolute Gasteiger partial charge is 0.142 e. The average molecular weight is 335 g/mol. The molecule has 0 fully saturated rings. The molecule has 0 amide bonds. The van der Waals surface area contributed by atoms with Crippen LogP contribution in [-0.2, 0) is 0 Å². The Morgan fingerprint density at radius 3 is 2.60 bits per heavy atom. The number of rotatable bonds is 4. The minimum absolute atomic E-state index is 0.473. The van der Waals surface area contributed by atoms with Crippen LogP contribution in [0.1, 0.15) is 30.9 Å². The van der Waals surface area contributed by atoms with Gasteiger partial charge in [-0.2, -0.15) is 0 Å². The zero-order chi connectivity index (χ0) is 14.7. The molecule has 1 aromatic carbocycles. The molecule has 1 N–H and O–H groups in total. The number of pyridine rings is 1. The third-order valence-corrected chi connectivity index (χ3v) is 4.03. The van der Waals surface area contributed by atoms with Crippen LogP contribution >= 0.6 is 15.9 Å². The largest absolute Gasteiger partial charge is 0.495 e. The van der Waals surface area contributed by atoms with Crippen LogP contribution in [0.3, 0.4) is 0 Å². The summed E-state index contributed by atoms with van der Waals surface area (Å²) in [6.07, 6.45) is 1.80. The third kappa shape index (κ3) is 3.31. The number of benzene rings is 1. The molecule has 0 saturated heterocycles. The molecule has 0 atom stereocenters. The molecule has 1 aromatic heterocycles. The van der Waals surface area contributed by atoms with E-state index >= 15 is 0 Å². The lowest BCUT2D eigenvalue weighted by Gasteiger charge is -2.14. The molecule has 2 rings (SSSR count). The molecule has 1 heterocycles. The van der Waals surface area contributed by atoms with Crippen molar-refractivity contribution in [2.45, 2.75) is 26.7 Å². The Kier molecular flexibility index (Phi) is 4.65. The van der Waals surface area contributed by atoms with E-state index in [0.29, 0.717) is 5.92 Å². The molecule has 20 heavy (non-hydrogen) atoms. The first kappa shape index (κ1) is 14.9. The van der Waals surface area contributed by atoms with Gasteiger partial charge in [-0.15, -0.1) is 0 Å². The highest BCUT2D eigenvalue weighted by Crippen LogP contribution is 2.31. The number of hydrogen-bond acceptors (Lipinski definition) is 3. The van der Waals surface area contributed by atoms with Gasteiger partial charge in [0.15, 0.2) is 0 Å². The van der Waals surface area contributed by atoms with Gasteiger partial charge >= 0.3 is 0 Å². The molecule has 0 aliphatic heterocycles. The number of hydrogen-bond donors (Lipinski definition) is 1. The van der Waals surface area contributed by atoms with Crippen LogP contribution in [0.4, 0.5) is 11.5 Å². The van der Waals surface area contributed by atoms with Crippen molar-refractivity contribution in [1.29, 1.82) is 0 Å². The summed E-state index contributed by atoms with van der Waals surface area (Å²) in [6, 6.07) is 8.20. The van der Waals surface area contributed by atoms with Gasteiger partial charge in [0.25, 0.3) is 0 Å². The summed E-state index contributed by atoms with van der Waals surface area (Å²) in [6.45, 7) is 6.39. The number of nitrogens with one attached hydrogen (secondary N) is 1. The quantitative estimate of drug-likeness (QED) is 0.851. The van der Waals surface area contributed by atoms with E-state index in [4.69, 9.17) is 4.74 Å². The third-order valence-electron chi connectivity index (χ3n) is 3.20. The van der Waals surface area contributed by atoms with Crippen molar-refractivity contribution >= 4 is 27.4 Å². The lowest BCUT2D eigenvalue weighted by Crippen LogP contribution is -1.99. The maximum atomic E-state index is 5.41. The highest BCUT2D eigenvalue weighted by molar-refractivity contribution is 9.10. The summed E-state index contributed by atoms with van der Waals surface area (Å²) in [4.78, 5) is 4.37. The Labute approximate surface area is 128 Å². The van der Waals surface area contributed by atoms with E-state index in [1.54, 1.807) is 13.3 Å². The zero-order valence-electron chi connectivity index (χ0n) is 12.2. The lowest BCUT2D eigenvalue weighted by molar-refractivity contribution is 0.416. The van der Waals surface area contributed by atoms with Gasteiger partial charge in [0.1, 0.15) is 11.6 Å². The van der Waals surface area contributed by atoms with Gasteiger partial charge in [-0.3, -0.25) is 0 Å². The molecule has 0 saturated carbocycles. The first-order chi connectivity index (χ1) is 9.51. The van der Waals surface area contributed by atoms with Crippen molar-refractivity contribution in [2.75, 3.05) is 12.4 Å². The fourth-order valence-corrected chi connectivity index (χ4v) is 2.14. The summed E-state index contributed by atoms with van der Waals surface area (Å²) in [7, 11) is 1.68. The molecular formula is C16H19BrN2O. The first-order valence-electron chi connectivity index (χ1n) is 6.58. The van der Waals surface area contributed by atoms with Crippen molar-refractivity contribution < 1.29 is 4.74 Å². The minimum atomic E-state index is 0.473. The summed E-state index contributed by atoms with van der Waals surface area (Å²) in [5.41, 5.74) is 3.34. The van der Waals surface area contributed by atoms with E-state index in [1.807, 2.05) is 19.1 Å². The summed E-state index contributed by atoms with van der Waals surface area (Å²) in [5.74, 6) is 2.10. The Hall–Kier alpha value is -1.55. The van der Waals surface area contributed by atoms with Crippen molar-refractivity contribution in [3.05, 3.63) is 46.1 Å². The van der Waals surface area contributed by atoms with Gasteiger partial charge < -0.3 is 10.1 Å². The standard InChI is InChI=1S/C16H19BrN2O/c1-10(2)12-5-6-15(20-4)14(8-12)19-16-7-11(3)13(17)9-18-16/h5-10H,1-4H3,(H,18,19). The molecule has 0 radical (unpaired) electrons. The number of aryl methyl sites for hydroxylation is 1. The van der Waals surface area contributed by atoms with Crippen molar-refractivity contribution in [3.8, 4) is 5.75 Å². The number of ether oxygens (including phenoxy) is 1. The number of anilines is 2. The molecule has 106 valence electrons. The van der Waals surface area contributed by atoms with Crippen LogP contribution in [-0.4, -0.2) is 12.1 Å². The molecule has 0 unspecified atom stereocenters. The Morgan fingerprint density at radius 2 is 2.00 bits per heavy atom. The van der Waals surface area contributed by atoms with E-state index < -0.39 is 0 Å². The second-order valence-electron chi connectivity index (χ2n) is 5.06. The molecule has 3 nitrogen and oxygen atoms in total. The predicted molar refractivity (Wildman–Crippen MR) is 87.0 cm³/mol. The van der Waals surface area contributed by atoms with E-state index in [9.17, 15) is 0 Å². The van der Waals surface area contributed by atoms with Gasteiger partial charge in [-0.05, 0) is 58.1 Å². The molecular weight excluding hydrogens is 316 g/mol. The van der Waals surface area contributed by atoms with E-state index in [0.717, 1.165) is 27.3 Å². The summed E-state index contributed by atoms with van der Waals surface area (Å²) >= 11 is 3.46. The Morgan fingerprint density at radius 1 is 1.25 bits per heavy atom. The van der Waals surface area contributed by atoms with E-state index in [2.05, 4.69) is 52.2 Å². The number of nitrogens with zero attached hydrogens (tertiary/aromatic N) is 1. The van der Waals surface area contributed by atoms with Crippen LogP contribution in [0.15, 0.2) is 34.9 Å². The second-order valence-corrected chi connectivity index (χ2v) is 5.91. The Bertz CT molecular complexity index is 611. The van der Waals surface area contributed by atoms with E-state index in [-0.39, 0.29) is 0 Å². The molecule has 4 heteroatoms. The topological polar surface area (TPSA) is 34.1 Å². The minimum Gasteiger partial charge on any atom is -0.495 e. The highest BCUT2D eigenvalue weighted by Gasteiger charge is 2.08. The van der Waals surface area contributed by atoms with Crippen LogP contribution in [0.2, 0.25) is 0 Å². The predicted octanol–water partition coefficient (Wildman–Crippen LogP) is 5.03. The van der Waals surface area contributed by atoms with E-state index in [1.165, 1.54) is 5.56 Å². The molecule has 0 spiro atoms. The highest BCUT2D eigenvalue weighted by atomic mass is 79.9. The number of methoxy groups -OCH3 is 1. The van der Waals surface area contributed by atoms with Crippen molar-refractivity contribution in [3.63, 3.8) is 0 Å². The summed E-state index contributed by atoms with van der Waals surface area (Å²) in [5, 5.41) is 3.33. The molecule has 0 bridgehead atoms. The lowest BCUT2D eigenvalue weighted by atomic mass is 10.0. The average Bonchev–Trinajstić information content (AvgIpc) is 2.42. The monoisotopic (exact) mass is 334 g/mol. The van der Waals surface area contributed by atoms with Gasteiger partial charge in [-0.1, -0.05) is 19.9 Å². The Balaban J connectivity index is 2.35. The second kappa shape index (κ2) is 6.27. The van der Waals surface area contributed by atoms with Crippen LogP contribution in [0.5, 0.6) is 5.75 Å². The number of aromatic nitrogens is 1. The zero-order valence-corrected chi connectivity index (χ0v) is 13.8. The van der Waals surface area contributed by atoms with Gasteiger partial charge in [0, 0.05) is 10.7 Å². The SMILES string of the molecule is COc1ccc(C(C)C)cc1Nc1cc(C)c(Br)cn1. The van der Waals surface area contributed by atoms with Crippen LogP contribution in [0, 0.1) is 6.92 Å². The molecule has 2 aromatic rings. The van der Waals surface area contributed by atoms with Gasteiger partial charge in [0.2, 0.25) is 0 Å². The fourth-order valence-electron chi connectivity index (χ4n) is 1.93. The number of halogens is 1. The van der Waals surface area contributed by atoms with Crippen molar-refractivity contribution in [1.82, 2.24) is 4.98 Å². The van der Waals surface area contributed by atoms with Gasteiger partial charge in [-0.25, -0.2) is 4.98 Å². The first-order valence-corrected chi connectivity index (χ1v) is 7.37. The van der Waals surface area contributed by atoms with Crippen LogP contribution in [0.25, 0.3) is 0 Å². The fraction of sp³-hybridized carbons (Fsp3) is 0.312. The maximum absolute atomic E-state index is 5.41.